The first-order chi connectivity index (χ1) is 6.72. The number of alkyl halides is 2. The van der Waals surface area contributed by atoms with Crippen LogP contribution in [0.5, 0.6) is 0 Å². The second kappa shape index (κ2) is 4.28. The van der Waals surface area contributed by atoms with E-state index >= 15 is 0 Å². The van der Waals surface area contributed by atoms with E-state index in [2.05, 4.69) is 31.9 Å². The fourth-order valence-corrected chi connectivity index (χ4v) is 4.60. The van der Waals surface area contributed by atoms with Gasteiger partial charge >= 0.3 is 0 Å². The highest BCUT2D eigenvalue weighted by atomic mass is 79.9. The molecule has 88 valence electrons. The number of aliphatic hydroxyl groups excluding tert-OH is 1. The minimum atomic E-state index is -3.51. The number of hydrogen-bond acceptors (Lipinski definition) is 5. The maximum Gasteiger partial charge on any atom is 0.234 e. The fourth-order valence-electron chi connectivity index (χ4n) is 1.41. The van der Waals surface area contributed by atoms with Gasteiger partial charge in [0.15, 0.2) is 9.84 Å². The molecule has 1 heterocycles. The van der Waals surface area contributed by atoms with Gasteiger partial charge in [-0.05, 0) is 0 Å². The number of sulfone groups is 1. The smallest absolute Gasteiger partial charge is 0.234 e. The molecular formula is C6H10Br2N2O4S. The normalized spacial score (nSPS) is 32.5. The lowest BCUT2D eigenvalue weighted by molar-refractivity contribution is -0.122. The number of hydrogen-bond donors (Lipinski definition) is 3. The predicted molar refractivity (Wildman–Crippen MR) is 60.8 cm³/mol. The van der Waals surface area contributed by atoms with Crippen LogP contribution in [0.3, 0.4) is 0 Å². The third-order valence-corrected chi connectivity index (χ3v) is 8.08. The van der Waals surface area contributed by atoms with Gasteiger partial charge in [0.05, 0.1) is 11.9 Å². The largest absolute Gasteiger partial charge is 0.389 e. The van der Waals surface area contributed by atoms with Crippen molar-refractivity contribution in [3.8, 4) is 0 Å². The van der Waals surface area contributed by atoms with Gasteiger partial charge in [0.25, 0.3) is 0 Å². The average Bonchev–Trinajstić information content (AvgIpc) is 2.27. The van der Waals surface area contributed by atoms with Crippen molar-refractivity contribution in [2.24, 2.45) is 11.8 Å². The Balaban J connectivity index is 2.87. The van der Waals surface area contributed by atoms with Crippen molar-refractivity contribution in [2.75, 3.05) is 5.75 Å². The number of carbonyl (C=O) groups is 1. The number of nitrogens with two attached hydrogens (primary N) is 1. The summed E-state index contributed by atoms with van der Waals surface area (Å²) in [4.78, 5) is 11.0. The molecule has 1 amide bonds. The number of hydrazine groups is 1. The molecule has 0 saturated carbocycles. The van der Waals surface area contributed by atoms with Crippen molar-refractivity contribution in [3.63, 3.8) is 0 Å². The number of carbonyl (C=O) groups excluding carboxylic acids is 1. The van der Waals surface area contributed by atoms with Gasteiger partial charge in [0, 0.05) is 12.3 Å². The van der Waals surface area contributed by atoms with E-state index in [0.717, 1.165) is 0 Å². The first-order valence-electron chi connectivity index (χ1n) is 4.00. The summed E-state index contributed by atoms with van der Waals surface area (Å²) < 4.78 is 21.6. The van der Waals surface area contributed by atoms with Crippen molar-refractivity contribution in [1.82, 2.24) is 5.43 Å². The summed E-state index contributed by atoms with van der Waals surface area (Å²) in [5.74, 6) is 3.43. The molecule has 15 heavy (non-hydrogen) atoms. The number of aliphatic hydroxyl groups is 1. The molecule has 0 aromatic carbocycles. The van der Waals surface area contributed by atoms with E-state index in [4.69, 9.17) is 5.84 Å². The summed E-state index contributed by atoms with van der Waals surface area (Å²) in [5, 5.41) is 9.70. The van der Waals surface area contributed by atoms with Gasteiger partial charge < -0.3 is 5.11 Å². The summed E-state index contributed by atoms with van der Waals surface area (Å²) in [6.45, 7) is 0. The monoisotopic (exact) mass is 364 g/mol. The molecule has 1 saturated heterocycles. The predicted octanol–water partition coefficient (Wildman–Crippen LogP) is -0.784. The zero-order chi connectivity index (χ0) is 11.9. The van der Waals surface area contributed by atoms with Crippen LogP contribution in [0.15, 0.2) is 0 Å². The first-order valence-corrected chi connectivity index (χ1v) is 7.24. The summed E-state index contributed by atoms with van der Waals surface area (Å²) in [7, 11) is -3.51. The lowest BCUT2D eigenvalue weighted by Crippen LogP contribution is -2.36. The molecule has 2 atom stereocenters. The Hall–Kier alpha value is 0.300. The molecule has 0 spiro atoms. The van der Waals surface area contributed by atoms with Crippen molar-refractivity contribution in [1.29, 1.82) is 0 Å². The van der Waals surface area contributed by atoms with Crippen molar-refractivity contribution >= 4 is 47.6 Å². The van der Waals surface area contributed by atoms with E-state index in [1.165, 1.54) is 0 Å². The van der Waals surface area contributed by atoms with Gasteiger partial charge in [0.1, 0.15) is 0 Å². The van der Waals surface area contributed by atoms with Crippen molar-refractivity contribution in [3.05, 3.63) is 0 Å². The highest BCUT2D eigenvalue weighted by Gasteiger charge is 2.56. The molecule has 0 unspecified atom stereocenters. The van der Waals surface area contributed by atoms with E-state index in [9.17, 15) is 18.3 Å². The van der Waals surface area contributed by atoms with Crippen molar-refractivity contribution < 1.29 is 18.3 Å². The first kappa shape index (κ1) is 13.4. The van der Waals surface area contributed by atoms with Gasteiger partial charge in [-0.3, -0.25) is 10.2 Å². The molecule has 1 aliphatic rings. The Kier molecular flexibility index (Phi) is 3.82. The Bertz CT molecular complexity index is 369. The average molecular weight is 366 g/mol. The van der Waals surface area contributed by atoms with Crippen LogP contribution < -0.4 is 11.3 Å². The molecule has 4 N–H and O–H groups in total. The maximum absolute atomic E-state index is 11.6. The van der Waals surface area contributed by atoms with E-state index in [0.29, 0.717) is 0 Å². The highest BCUT2D eigenvalue weighted by molar-refractivity contribution is 9.28. The zero-order valence-electron chi connectivity index (χ0n) is 7.48. The Morgan fingerprint density at radius 2 is 2.13 bits per heavy atom. The molecule has 9 heteroatoms. The summed E-state index contributed by atoms with van der Waals surface area (Å²) >= 11 is 5.79. The number of halogens is 2. The van der Waals surface area contributed by atoms with Gasteiger partial charge in [-0.1, -0.05) is 31.9 Å². The summed E-state index contributed by atoms with van der Waals surface area (Å²) in [5.41, 5.74) is 1.89. The molecule has 0 aromatic rings. The molecule has 0 radical (unpaired) electrons. The second-order valence-corrected chi connectivity index (χ2v) is 10.1. The molecule has 1 fully saturated rings. The van der Waals surface area contributed by atoms with Gasteiger partial charge in [-0.25, -0.2) is 14.3 Å². The third-order valence-electron chi connectivity index (χ3n) is 2.25. The van der Waals surface area contributed by atoms with Gasteiger partial charge in [-0.15, -0.1) is 0 Å². The van der Waals surface area contributed by atoms with E-state index in [-0.39, 0.29) is 12.2 Å². The minimum Gasteiger partial charge on any atom is -0.389 e. The molecule has 0 aromatic heterocycles. The molecule has 1 rings (SSSR count). The van der Waals surface area contributed by atoms with Gasteiger partial charge in [0.2, 0.25) is 8.47 Å². The van der Waals surface area contributed by atoms with E-state index < -0.39 is 30.3 Å². The van der Waals surface area contributed by atoms with Crippen LogP contribution in [0, 0.1) is 5.92 Å². The van der Waals surface area contributed by atoms with Crippen LogP contribution in [0.2, 0.25) is 0 Å². The Labute approximate surface area is 104 Å². The van der Waals surface area contributed by atoms with Gasteiger partial charge in [-0.2, -0.15) is 0 Å². The number of rotatable bonds is 2. The van der Waals surface area contributed by atoms with Crippen LogP contribution >= 0.6 is 31.9 Å². The Morgan fingerprint density at radius 3 is 2.47 bits per heavy atom. The number of nitrogens with one attached hydrogen (secondary N) is 1. The van der Waals surface area contributed by atoms with E-state index in [1.807, 2.05) is 5.43 Å². The fraction of sp³-hybridized carbons (Fsp3) is 0.833. The van der Waals surface area contributed by atoms with Crippen LogP contribution in [0.25, 0.3) is 0 Å². The number of amides is 1. The minimum absolute atomic E-state index is 0.129. The van der Waals surface area contributed by atoms with Crippen molar-refractivity contribution in [2.45, 2.75) is 15.1 Å². The molecule has 6 nitrogen and oxygen atoms in total. The SMILES string of the molecule is NNC(=O)C[C@@H]1CS(=O)(=O)C(Br)(Br)[C@@H]1O. The van der Waals surface area contributed by atoms with Crippen LogP contribution in [-0.4, -0.2) is 33.9 Å². The second-order valence-electron chi connectivity index (χ2n) is 3.32. The zero-order valence-corrected chi connectivity index (χ0v) is 11.5. The third kappa shape index (κ3) is 2.36. The summed E-state index contributed by atoms with van der Waals surface area (Å²) in [6.07, 6.45) is -1.32. The maximum atomic E-state index is 11.6. The molecule has 1 aliphatic heterocycles. The quantitative estimate of drug-likeness (QED) is 0.257. The van der Waals surface area contributed by atoms with E-state index in [1.54, 1.807) is 0 Å². The van der Waals surface area contributed by atoms with Crippen LogP contribution in [-0.2, 0) is 14.6 Å². The lowest BCUT2D eigenvalue weighted by Gasteiger charge is -2.19. The molecule has 0 aliphatic carbocycles. The lowest BCUT2D eigenvalue weighted by atomic mass is 10.0. The standard InChI is InChI=1S/C6H10Br2N2O4S/c7-6(8)5(12)3(1-4(11)10-9)2-15(6,13)14/h3,5,12H,1-2,9H2,(H,10,11)/t3-,5-/m1/s1. The Morgan fingerprint density at radius 1 is 1.60 bits per heavy atom. The topological polar surface area (TPSA) is 109 Å². The summed E-state index contributed by atoms with van der Waals surface area (Å²) in [6, 6.07) is 0. The highest BCUT2D eigenvalue weighted by Crippen LogP contribution is 2.47. The van der Waals surface area contributed by atoms with Crippen LogP contribution in [0.4, 0.5) is 0 Å². The molecular weight excluding hydrogens is 356 g/mol. The van der Waals surface area contributed by atoms with Crippen LogP contribution in [0.1, 0.15) is 6.42 Å². The molecule has 0 bridgehead atoms.